The summed E-state index contributed by atoms with van der Waals surface area (Å²) in [6.45, 7) is -1.54. The second-order valence-electron chi connectivity index (χ2n) is 8.30. The summed E-state index contributed by atoms with van der Waals surface area (Å²) in [7, 11) is 1.52. The summed E-state index contributed by atoms with van der Waals surface area (Å²) in [5.74, 6) is -0.948. The molecule has 4 aromatic rings. The molecule has 12 heteroatoms. The van der Waals surface area contributed by atoms with Crippen molar-refractivity contribution in [3.8, 4) is 28.3 Å². The first-order valence-corrected chi connectivity index (χ1v) is 11.0. The van der Waals surface area contributed by atoms with Crippen LogP contribution in [-0.2, 0) is 11.2 Å². The van der Waals surface area contributed by atoms with Gasteiger partial charge in [0.15, 0.2) is 0 Å². The van der Waals surface area contributed by atoms with Crippen molar-refractivity contribution >= 4 is 11.6 Å². The standard InChI is InChI=1S/C24H20F4N6O2/c1-36-22-11-14(5-6-16(22)18-9-10-29-30-18)19-12-34(32-31-19)21-8-7-15-17(25)3-2-4-20(15)33(23(21)35)13-24(26,27)28/h2-6,9-12,21H,7-8,13H2,1H3,(H,29,30). The van der Waals surface area contributed by atoms with E-state index in [1.807, 2.05) is 6.07 Å². The quantitative estimate of drug-likeness (QED) is 0.406. The van der Waals surface area contributed by atoms with E-state index in [2.05, 4.69) is 20.5 Å². The van der Waals surface area contributed by atoms with Gasteiger partial charge in [0, 0.05) is 22.9 Å². The van der Waals surface area contributed by atoms with Crippen LogP contribution in [0.1, 0.15) is 18.0 Å². The molecule has 1 unspecified atom stereocenters. The highest BCUT2D eigenvalue weighted by Crippen LogP contribution is 2.36. The van der Waals surface area contributed by atoms with Crippen molar-refractivity contribution in [3.63, 3.8) is 0 Å². The van der Waals surface area contributed by atoms with E-state index >= 15 is 0 Å². The molecule has 2 aromatic carbocycles. The number of H-pyrrole nitrogens is 1. The molecule has 5 rings (SSSR count). The van der Waals surface area contributed by atoms with E-state index in [1.165, 1.54) is 36.2 Å². The molecule has 0 saturated carbocycles. The molecule has 1 amide bonds. The lowest BCUT2D eigenvalue weighted by molar-refractivity contribution is -0.134. The van der Waals surface area contributed by atoms with Gasteiger partial charge in [0.05, 0.1) is 24.7 Å². The number of methoxy groups -OCH3 is 1. The Morgan fingerprint density at radius 1 is 1.19 bits per heavy atom. The van der Waals surface area contributed by atoms with Crippen LogP contribution in [0.3, 0.4) is 0 Å². The predicted molar refractivity (Wildman–Crippen MR) is 122 cm³/mol. The van der Waals surface area contributed by atoms with E-state index in [9.17, 15) is 22.4 Å². The number of nitrogens with zero attached hydrogens (tertiary/aromatic N) is 5. The molecule has 0 saturated heterocycles. The lowest BCUT2D eigenvalue weighted by atomic mass is 10.0. The molecule has 36 heavy (non-hydrogen) atoms. The number of carbonyl (C=O) groups is 1. The van der Waals surface area contributed by atoms with Gasteiger partial charge in [-0.3, -0.25) is 9.89 Å². The van der Waals surface area contributed by atoms with Crippen molar-refractivity contribution in [2.45, 2.75) is 25.1 Å². The van der Waals surface area contributed by atoms with Crippen molar-refractivity contribution in [3.05, 3.63) is 66.2 Å². The Morgan fingerprint density at radius 2 is 2.03 bits per heavy atom. The zero-order valence-corrected chi connectivity index (χ0v) is 19.0. The van der Waals surface area contributed by atoms with Gasteiger partial charge in [0.2, 0.25) is 0 Å². The first kappa shape index (κ1) is 23.5. The van der Waals surface area contributed by atoms with Crippen molar-refractivity contribution in [1.82, 2.24) is 25.2 Å². The van der Waals surface area contributed by atoms with Gasteiger partial charge in [-0.05, 0) is 43.2 Å². The number of aromatic amines is 1. The molecular formula is C24H20F4N6O2. The summed E-state index contributed by atoms with van der Waals surface area (Å²) < 4.78 is 61.3. The highest BCUT2D eigenvalue weighted by molar-refractivity contribution is 5.97. The van der Waals surface area contributed by atoms with E-state index in [1.54, 1.807) is 24.4 Å². The zero-order chi connectivity index (χ0) is 25.4. The lowest BCUT2D eigenvalue weighted by Gasteiger charge is -2.26. The number of aromatic nitrogens is 5. The van der Waals surface area contributed by atoms with Gasteiger partial charge in [0.1, 0.15) is 29.8 Å². The second-order valence-corrected chi connectivity index (χ2v) is 8.30. The van der Waals surface area contributed by atoms with Gasteiger partial charge >= 0.3 is 6.18 Å². The fourth-order valence-corrected chi connectivity index (χ4v) is 4.38. The Labute approximate surface area is 202 Å². The molecule has 186 valence electrons. The van der Waals surface area contributed by atoms with Crippen LogP contribution < -0.4 is 9.64 Å². The first-order valence-electron chi connectivity index (χ1n) is 11.0. The average molecular weight is 500 g/mol. The number of alkyl halides is 3. The number of halogens is 4. The van der Waals surface area contributed by atoms with Gasteiger partial charge in [-0.2, -0.15) is 18.3 Å². The van der Waals surface area contributed by atoms with E-state index in [4.69, 9.17) is 4.74 Å². The Kier molecular flexibility index (Phi) is 5.94. The molecule has 1 N–H and O–H groups in total. The van der Waals surface area contributed by atoms with Gasteiger partial charge in [-0.1, -0.05) is 17.3 Å². The number of hydrogen-bond acceptors (Lipinski definition) is 5. The van der Waals surface area contributed by atoms with Crippen LogP contribution in [0, 0.1) is 5.82 Å². The molecule has 1 atom stereocenters. The number of fused-ring (bicyclic) bond motifs is 1. The predicted octanol–water partition coefficient (Wildman–Crippen LogP) is 4.57. The topological polar surface area (TPSA) is 88.9 Å². The minimum absolute atomic E-state index is 0.0615. The van der Waals surface area contributed by atoms with Crippen molar-refractivity contribution < 1.29 is 27.1 Å². The third-order valence-electron chi connectivity index (χ3n) is 6.06. The molecule has 8 nitrogen and oxygen atoms in total. The summed E-state index contributed by atoms with van der Waals surface area (Å²) in [6.07, 6.45) is -1.44. The van der Waals surface area contributed by atoms with Crippen molar-refractivity contribution in [1.29, 1.82) is 0 Å². The molecule has 0 spiro atoms. The highest BCUT2D eigenvalue weighted by atomic mass is 19.4. The third kappa shape index (κ3) is 4.41. The van der Waals surface area contributed by atoms with Crippen molar-refractivity contribution in [2.75, 3.05) is 18.6 Å². The number of anilines is 1. The molecule has 0 fully saturated rings. The number of rotatable bonds is 5. The third-order valence-corrected chi connectivity index (χ3v) is 6.06. The molecule has 0 radical (unpaired) electrons. The number of hydrogen-bond donors (Lipinski definition) is 1. The fraction of sp³-hybridized carbons (Fsp3) is 0.250. The summed E-state index contributed by atoms with van der Waals surface area (Å²) in [4.78, 5) is 13.9. The number of nitrogens with one attached hydrogen (secondary N) is 1. The minimum atomic E-state index is -4.67. The summed E-state index contributed by atoms with van der Waals surface area (Å²) in [6, 6.07) is 9.81. The minimum Gasteiger partial charge on any atom is -0.496 e. The normalized spacial score (nSPS) is 16.1. The fourth-order valence-electron chi connectivity index (χ4n) is 4.38. The zero-order valence-electron chi connectivity index (χ0n) is 19.0. The summed E-state index contributed by atoms with van der Waals surface area (Å²) >= 11 is 0. The monoisotopic (exact) mass is 500 g/mol. The lowest BCUT2D eigenvalue weighted by Crippen LogP contribution is -2.42. The Balaban J connectivity index is 1.48. The van der Waals surface area contributed by atoms with E-state index in [-0.39, 0.29) is 24.1 Å². The van der Waals surface area contributed by atoms with Crippen molar-refractivity contribution in [2.24, 2.45) is 0 Å². The number of benzene rings is 2. The SMILES string of the molecule is COc1cc(-c2cn(C3CCc4c(F)cccc4N(CC(F)(F)F)C3=O)nn2)ccc1-c1ccn[nH]1. The molecule has 0 aliphatic carbocycles. The van der Waals surface area contributed by atoms with Crippen LogP contribution in [0.15, 0.2) is 54.9 Å². The largest absolute Gasteiger partial charge is 0.496 e. The van der Waals surface area contributed by atoms with Crippen LogP contribution in [0.2, 0.25) is 0 Å². The second kappa shape index (κ2) is 9.10. The van der Waals surface area contributed by atoms with Crippen LogP contribution >= 0.6 is 0 Å². The molecule has 2 aromatic heterocycles. The number of carbonyl (C=O) groups excluding carboxylic acids is 1. The Morgan fingerprint density at radius 3 is 2.75 bits per heavy atom. The molecular weight excluding hydrogens is 480 g/mol. The van der Waals surface area contributed by atoms with Crippen LogP contribution in [0.25, 0.3) is 22.5 Å². The average Bonchev–Trinajstić information content (AvgIpc) is 3.53. The van der Waals surface area contributed by atoms with Gasteiger partial charge in [0.25, 0.3) is 5.91 Å². The van der Waals surface area contributed by atoms with E-state index in [0.717, 1.165) is 11.3 Å². The Bertz CT molecular complexity index is 1400. The summed E-state index contributed by atoms with van der Waals surface area (Å²) in [5.41, 5.74) is 2.53. The molecule has 0 bridgehead atoms. The Hall–Kier alpha value is -4.22. The first-order chi connectivity index (χ1) is 17.2. The van der Waals surface area contributed by atoms with Gasteiger partial charge < -0.3 is 9.64 Å². The highest BCUT2D eigenvalue weighted by Gasteiger charge is 2.40. The maximum Gasteiger partial charge on any atom is 0.406 e. The summed E-state index contributed by atoms with van der Waals surface area (Å²) in [5, 5.41) is 15.0. The molecule has 3 heterocycles. The van der Waals surface area contributed by atoms with Crippen LogP contribution in [-0.4, -0.2) is 50.9 Å². The van der Waals surface area contributed by atoms with Crippen LogP contribution in [0.4, 0.5) is 23.2 Å². The molecule has 1 aliphatic heterocycles. The number of ether oxygens (including phenoxy) is 1. The van der Waals surface area contributed by atoms with Gasteiger partial charge in [-0.25, -0.2) is 9.07 Å². The van der Waals surface area contributed by atoms with Gasteiger partial charge in [-0.15, -0.1) is 5.10 Å². The molecule has 1 aliphatic rings. The van der Waals surface area contributed by atoms with E-state index in [0.29, 0.717) is 21.9 Å². The smallest absolute Gasteiger partial charge is 0.406 e. The van der Waals surface area contributed by atoms with Crippen LogP contribution in [0.5, 0.6) is 5.75 Å². The van der Waals surface area contributed by atoms with E-state index < -0.39 is 30.5 Å². The maximum atomic E-state index is 14.5. The number of amides is 1. The maximum absolute atomic E-state index is 14.5.